The van der Waals surface area contributed by atoms with Gasteiger partial charge in [0.15, 0.2) is 5.43 Å². The van der Waals surface area contributed by atoms with Gasteiger partial charge in [-0.15, -0.1) is 0 Å². The van der Waals surface area contributed by atoms with E-state index in [1.807, 2.05) is 39.0 Å². The predicted molar refractivity (Wildman–Crippen MR) is 69.9 cm³/mol. The summed E-state index contributed by atoms with van der Waals surface area (Å²) in [6, 6.07) is 5.58. The molecule has 3 heteroatoms. The van der Waals surface area contributed by atoms with Gasteiger partial charge >= 0.3 is 0 Å². The molecule has 2 aromatic rings. The van der Waals surface area contributed by atoms with Gasteiger partial charge in [0, 0.05) is 16.6 Å². The summed E-state index contributed by atoms with van der Waals surface area (Å²) in [5.74, 6) is 0.743. The molecule has 17 heavy (non-hydrogen) atoms. The Labute approximate surface area is 100 Å². The number of hydrogen-bond donors (Lipinski definition) is 1. The van der Waals surface area contributed by atoms with Crippen LogP contribution in [0.5, 0.6) is 5.75 Å². The van der Waals surface area contributed by atoms with E-state index >= 15 is 0 Å². The third-order valence-corrected chi connectivity index (χ3v) is 2.96. The molecule has 3 nitrogen and oxygen atoms in total. The van der Waals surface area contributed by atoms with Crippen LogP contribution < -0.4 is 10.2 Å². The van der Waals surface area contributed by atoms with Crippen molar-refractivity contribution in [2.24, 2.45) is 0 Å². The number of pyridine rings is 1. The molecule has 0 unspecified atom stereocenters. The summed E-state index contributed by atoms with van der Waals surface area (Å²) < 4.78 is 5.53. The van der Waals surface area contributed by atoms with Crippen LogP contribution in [-0.4, -0.2) is 11.6 Å². The molecule has 0 aliphatic heterocycles. The summed E-state index contributed by atoms with van der Waals surface area (Å²) in [6.45, 7) is 6.46. The first-order chi connectivity index (χ1) is 8.19. The maximum absolute atomic E-state index is 12.3. The number of fused-ring (bicyclic) bond motifs is 1. The molecule has 0 saturated carbocycles. The zero-order chi connectivity index (χ0) is 12.4. The Bertz CT molecular complexity index is 599. The van der Waals surface area contributed by atoms with Crippen LogP contribution in [0, 0.1) is 6.92 Å². The maximum Gasteiger partial charge on any atom is 0.192 e. The molecular weight excluding hydrogens is 214 g/mol. The SMILES string of the molecule is CCOc1cccc2c(=O)c(CC)c(C)[nH]c12. The molecule has 1 heterocycles. The fraction of sp³-hybridized carbons (Fsp3) is 0.357. The molecule has 0 saturated heterocycles. The number of ether oxygens (including phenoxy) is 1. The first-order valence-corrected chi connectivity index (χ1v) is 5.96. The van der Waals surface area contributed by atoms with E-state index in [4.69, 9.17) is 4.74 Å². The minimum Gasteiger partial charge on any atom is -0.492 e. The predicted octanol–water partition coefficient (Wildman–Crippen LogP) is 2.80. The number of H-pyrrole nitrogens is 1. The molecule has 1 N–H and O–H groups in total. The summed E-state index contributed by atoms with van der Waals surface area (Å²) in [7, 11) is 0. The number of aromatic nitrogens is 1. The Morgan fingerprint density at radius 1 is 1.29 bits per heavy atom. The molecule has 0 bridgehead atoms. The zero-order valence-electron chi connectivity index (χ0n) is 10.5. The van der Waals surface area contributed by atoms with Gasteiger partial charge in [0.1, 0.15) is 5.75 Å². The number of aromatic amines is 1. The Morgan fingerprint density at radius 2 is 2.06 bits per heavy atom. The molecule has 1 aromatic heterocycles. The monoisotopic (exact) mass is 231 g/mol. The first kappa shape index (κ1) is 11.7. The molecule has 2 rings (SSSR count). The van der Waals surface area contributed by atoms with Crippen LogP contribution in [0.4, 0.5) is 0 Å². The van der Waals surface area contributed by atoms with Crippen molar-refractivity contribution < 1.29 is 4.74 Å². The summed E-state index contributed by atoms with van der Waals surface area (Å²) in [5, 5.41) is 0.707. The van der Waals surface area contributed by atoms with Crippen molar-refractivity contribution in [1.29, 1.82) is 0 Å². The van der Waals surface area contributed by atoms with Crippen LogP contribution >= 0.6 is 0 Å². The number of hydrogen-bond acceptors (Lipinski definition) is 2. The molecule has 0 atom stereocenters. The van der Waals surface area contributed by atoms with E-state index in [0.717, 1.165) is 28.9 Å². The van der Waals surface area contributed by atoms with Crippen molar-refractivity contribution in [3.8, 4) is 5.75 Å². The van der Waals surface area contributed by atoms with Gasteiger partial charge in [-0.25, -0.2) is 0 Å². The summed E-state index contributed by atoms with van der Waals surface area (Å²) >= 11 is 0. The third kappa shape index (κ3) is 1.93. The summed E-state index contributed by atoms with van der Waals surface area (Å²) in [4.78, 5) is 15.5. The highest BCUT2D eigenvalue weighted by Gasteiger charge is 2.10. The van der Waals surface area contributed by atoms with E-state index in [1.165, 1.54) is 0 Å². The van der Waals surface area contributed by atoms with Crippen molar-refractivity contribution in [3.63, 3.8) is 0 Å². The second-order valence-corrected chi connectivity index (χ2v) is 4.02. The number of nitrogens with one attached hydrogen (secondary N) is 1. The van der Waals surface area contributed by atoms with Crippen LogP contribution in [0.15, 0.2) is 23.0 Å². The second kappa shape index (κ2) is 4.62. The van der Waals surface area contributed by atoms with Crippen molar-refractivity contribution in [1.82, 2.24) is 4.98 Å². The van der Waals surface area contributed by atoms with Crippen LogP contribution in [0.1, 0.15) is 25.1 Å². The van der Waals surface area contributed by atoms with Gasteiger partial charge in [0.2, 0.25) is 0 Å². The van der Waals surface area contributed by atoms with Gasteiger partial charge in [0.25, 0.3) is 0 Å². The highest BCUT2D eigenvalue weighted by Crippen LogP contribution is 2.22. The molecule has 0 spiro atoms. The Balaban J connectivity index is 2.81. The number of benzene rings is 1. The van der Waals surface area contributed by atoms with E-state index in [2.05, 4.69) is 4.98 Å². The van der Waals surface area contributed by atoms with Gasteiger partial charge in [0.05, 0.1) is 12.1 Å². The smallest absolute Gasteiger partial charge is 0.192 e. The van der Waals surface area contributed by atoms with E-state index in [0.29, 0.717) is 12.0 Å². The van der Waals surface area contributed by atoms with Crippen molar-refractivity contribution in [2.45, 2.75) is 27.2 Å². The highest BCUT2D eigenvalue weighted by atomic mass is 16.5. The lowest BCUT2D eigenvalue weighted by Crippen LogP contribution is -2.13. The summed E-state index contributed by atoms with van der Waals surface area (Å²) in [5.41, 5.74) is 2.69. The largest absolute Gasteiger partial charge is 0.492 e. The molecule has 1 aromatic carbocycles. The van der Waals surface area contributed by atoms with Crippen LogP contribution in [0.3, 0.4) is 0 Å². The average molecular weight is 231 g/mol. The fourth-order valence-corrected chi connectivity index (χ4v) is 2.15. The molecule has 0 radical (unpaired) electrons. The lowest BCUT2D eigenvalue weighted by Gasteiger charge is -2.10. The Hall–Kier alpha value is -1.77. The van der Waals surface area contributed by atoms with Gasteiger partial charge in [-0.2, -0.15) is 0 Å². The van der Waals surface area contributed by atoms with Crippen molar-refractivity contribution in [2.75, 3.05) is 6.61 Å². The van der Waals surface area contributed by atoms with Crippen molar-refractivity contribution in [3.05, 3.63) is 39.7 Å². The van der Waals surface area contributed by atoms with Crippen molar-refractivity contribution >= 4 is 10.9 Å². The van der Waals surface area contributed by atoms with E-state index in [1.54, 1.807) is 0 Å². The second-order valence-electron chi connectivity index (χ2n) is 4.02. The van der Waals surface area contributed by atoms with Gasteiger partial charge in [-0.1, -0.05) is 13.0 Å². The van der Waals surface area contributed by atoms with Crippen LogP contribution in [-0.2, 0) is 6.42 Å². The molecule has 0 fully saturated rings. The average Bonchev–Trinajstić information content (AvgIpc) is 2.31. The number of rotatable bonds is 3. The van der Waals surface area contributed by atoms with E-state index < -0.39 is 0 Å². The minimum atomic E-state index is 0.111. The van der Waals surface area contributed by atoms with E-state index in [9.17, 15) is 4.79 Å². The number of aryl methyl sites for hydroxylation is 1. The maximum atomic E-state index is 12.3. The molecule has 0 aliphatic rings. The highest BCUT2D eigenvalue weighted by molar-refractivity contribution is 5.85. The standard InChI is InChI=1S/C14H17NO2/c1-4-10-9(3)15-13-11(14(10)16)7-6-8-12(13)17-5-2/h6-8H,4-5H2,1-3H3,(H,15,16). The van der Waals surface area contributed by atoms with E-state index in [-0.39, 0.29) is 5.43 Å². The summed E-state index contributed by atoms with van der Waals surface area (Å²) in [6.07, 6.45) is 0.746. The normalized spacial score (nSPS) is 10.8. The minimum absolute atomic E-state index is 0.111. The van der Waals surface area contributed by atoms with Gasteiger partial charge in [-0.3, -0.25) is 4.79 Å². The first-order valence-electron chi connectivity index (χ1n) is 5.96. The molecule has 90 valence electrons. The molecular formula is C14H17NO2. The lowest BCUT2D eigenvalue weighted by molar-refractivity contribution is 0.343. The third-order valence-electron chi connectivity index (χ3n) is 2.96. The zero-order valence-corrected chi connectivity index (χ0v) is 10.5. The number of para-hydroxylation sites is 1. The van der Waals surface area contributed by atoms with Crippen LogP contribution in [0.25, 0.3) is 10.9 Å². The Kier molecular flexibility index (Phi) is 3.18. The molecule has 0 aliphatic carbocycles. The Morgan fingerprint density at radius 3 is 2.71 bits per heavy atom. The van der Waals surface area contributed by atoms with Crippen LogP contribution in [0.2, 0.25) is 0 Å². The lowest BCUT2D eigenvalue weighted by atomic mass is 10.1. The molecule has 0 amide bonds. The quantitative estimate of drug-likeness (QED) is 0.882. The van der Waals surface area contributed by atoms with Gasteiger partial charge < -0.3 is 9.72 Å². The topological polar surface area (TPSA) is 42.1 Å². The van der Waals surface area contributed by atoms with Gasteiger partial charge in [-0.05, 0) is 32.4 Å². The fourth-order valence-electron chi connectivity index (χ4n) is 2.15.